The Bertz CT molecular complexity index is 938. The highest BCUT2D eigenvalue weighted by molar-refractivity contribution is 6.03. The van der Waals surface area contributed by atoms with E-state index < -0.39 is 0 Å². The van der Waals surface area contributed by atoms with Gasteiger partial charge in [0.15, 0.2) is 0 Å². The monoisotopic (exact) mass is 347 g/mol. The molecular formula is C21H21N3O2. The molecule has 3 aromatic rings. The number of hydrogen-bond donors (Lipinski definition) is 2. The molecule has 2 N–H and O–H groups in total. The molecule has 5 nitrogen and oxygen atoms in total. The molecule has 2 aromatic carbocycles. The number of rotatable bonds is 5. The standard InChI is InChI=1S/C21H21N3O2/c1-14-7-8-15(2)19(11-14)23-17-9-10-22-20(13-17)21(25)24-16-5-4-6-18(12-16)26-3/h4-13H,1-3H3,(H,22,23)(H,24,25). The van der Waals surface area contributed by atoms with Crippen LogP contribution in [0.5, 0.6) is 5.75 Å². The molecule has 1 heterocycles. The van der Waals surface area contributed by atoms with Crippen molar-refractivity contribution in [1.29, 1.82) is 0 Å². The Morgan fingerprint density at radius 3 is 2.65 bits per heavy atom. The molecule has 1 aromatic heterocycles. The van der Waals surface area contributed by atoms with Gasteiger partial charge in [0, 0.05) is 29.3 Å². The Morgan fingerprint density at radius 2 is 1.85 bits per heavy atom. The highest BCUT2D eigenvalue weighted by Gasteiger charge is 2.10. The SMILES string of the molecule is COc1cccc(NC(=O)c2cc(Nc3cc(C)ccc3C)ccn2)c1. The molecular weight excluding hydrogens is 326 g/mol. The minimum absolute atomic E-state index is 0.275. The largest absolute Gasteiger partial charge is 0.497 e. The van der Waals surface area contributed by atoms with Gasteiger partial charge in [0.05, 0.1) is 7.11 Å². The number of pyridine rings is 1. The zero-order valence-electron chi connectivity index (χ0n) is 15.0. The van der Waals surface area contributed by atoms with Gasteiger partial charge in [0.25, 0.3) is 5.91 Å². The summed E-state index contributed by atoms with van der Waals surface area (Å²) in [7, 11) is 1.59. The molecule has 26 heavy (non-hydrogen) atoms. The second-order valence-corrected chi connectivity index (χ2v) is 6.06. The maximum Gasteiger partial charge on any atom is 0.274 e. The predicted molar refractivity (Wildman–Crippen MR) is 104 cm³/mol. The van der Waals surface area contributed by atoms with E-state index in [0.717, 1.165) is 16.9 Å². The Balaban J connectivity index is 1.77. The van der Waals surface area contributed by atoms with Crippen LogP contribution in [0, 0.1) is 13.8 Å². The van der Waals surface area contributed by atoms with Gasteiger partial charge in [-0.25, -0.2) is 0 Å². The van der Waals surface area contributed by atoms with Gasteiger partial charge in [-0.1, -0.05) is 18.2 Å². The fourth-order valence-electron chi connectivity index (χ4n) is 2.55. The molecule has 0 bridgehead atoms. The zero-order valence-corrected chi connectivity index (χ0v) is 15.0. The van der Waals surface area contributed by atoms with Crippen molar-refractivity contribution >= 4 is 23.0 Å². The number of carbonyl (C=O) groups excluding carboxylic acids is 1. The maximum atomic E-state index is 12.5. The van der Waals surface area contributed by atoms with Gasteiger partial charge in [-0.05, 0) is 55.3 Å². The summed E-state index contributed by atoms with van der Waals surface area (Å²) in [6.45, 7) is 4.09. The number of carbonyl (C=O) groups is 1. The summed E-state index contributed by atoms with van der Waals surface area (Å²) in [5.74, 6) is 0.406. The lowest BCUT2D eigenvalue weighted by Crippen LogP contribution is -2.13. The number of nitrogens with zero attached hydrogens (tertiary/aromatic N) is 1. The van der Waals surface area contributed by atoms with Crippen molar-refractivity contribution in [3.63, 3.8) is 0 Å². The summed E-state index contributed by atoms with van der Waals surface area (Å²) < 4.78 is 5.17. The van der Waals surface area contributed by atoms with Crippen LogP contribution in [0.1, 0.15) is 21.6 Å². The maximum absolute atomic E-state index is 12.5. The smallest absolute Gasteiger partial charge is 0.274 e. The van der Waals surface area contributed by atoms with Crippen LogP contribution in [0.15, 0.2) is 60.8 Å². The van der Waals surface area contributed by atoms with E-state index in [9.17, 15) is 4.79 Å². The molecule has 0 aliphatic heterocycles. The van der Waals surface area contributed by atoms with Gasteiger partial charge in [-0.3, -0.25) is 9.78 Å². The molecule has 0 aliphatic rings. The fourth-order valence-corrected chi connectivity index (χ4v) is 2.55. The van der Waals surface area contributed by atoms with Crippen LogP contribution in [0.2, 0.25) is 0 Å². The number of anilines is 3. The fraction of sp³-hybridized carbons (Fsp3) is 0.143. The van der Waals surface area contributed by atoms with Crippen molar-refractivity contribution < 1.29 is 9.53 Å². The van der Waals surface area contributed by atoms with E-state index in [-0.39, 0.29) is 5.91 Å². The molecule has 0 saturated heterocycles. The number of amides is 1. The van der Waals surface area contributed by atoms with E-state index in [4.69, 9.17) is 4.74 Å². The van der Waals surface area contributed by atoms with Gasteiger partial charge in [-0.15, -0.1) is 0 Å². The third kappa shape index (κ3) is 4.19. The first kappa shape index (κ1) is 17.5. The average Bonchev–Trinajstić information content (AvgIpc) is 2.65. The molecule has 0 unspecified atom stereocenters. The van der Waals surface area contributed by atoms with Crippen molar-refractivity contribution in [1.82, 2.24) is 4.98 Å². The number of nitrogens with one attached hydrogen (secondary N) is 2. The molecule has 0 fully saturated rings. The van der Waals surface area contributed by atoms with Crippen molar-refractivity contribution in [3.8, 4) is 5.75 Å². The van der Waals surface area contributed by atoms with Crippen LogP contribution >= 0.6 is 0 Å². The van der Waals surface area contributed by atoms with Crippen LogP contribution < -0.4 is 15.4 Å². The zero-order chi connectivity index (χ0) is 18.5. The molecule has 0 aliphatic carbocycles. The number of methoxy groups -OCH3 is 1. The quantitative estimate of drug-likeness (QED) is 0.702. The second-order valence-electron chi connectivity index (χ2n) is 6.06. The van der Waals surface area contributed by atoms with E-state index in [0.29, 0.717) is 17.1 Å². The lowest BCUT2D eigenvalue weighted by molar-refractivity contribution is 0.102. The van der Waals surface area contributed by atoms with Crippen molar-refractivity contribution in [3.05, 3.63) is 77.6 Å². The normalized spacial score (nSPS) is 10.3. The molecule has 132 valence electrons. The summed E-state index contributed by atoms with van der Waals surface area (Å²) in [4.78, 5) is 16.7. The van der Waals surface area contributed by atoms with E-state index in [2.05, 4.69) is 33.8 Å². The van der Waals surface area contributed by atoms with Crippen LogP contribution in [0.4, 0.5) is 17.1 Å². The minimum Gasteiger partial charge on any atom is -0.497 e. The molecule has 5 heteroatoms. The predicted octanol–water partition coefficient (Wildman–Crippen LogP) is 4.70. The van der Waals surface area contributed by atoms with Crippen LogP contribution in [0.25, 0.3) is 0 Å². The first-order valence-corrected chi connectivity index (χ1v) is 8.31. The van der Waals surface area contributed by atoms with Crippen molar-refractivity contribution in [2.45, 2.75) is 13.8 Å². The van der Waals surface area contributed by atoms with Gasteiger partial charge >= 0.3 is 0 Å². The van der Waals surface area contributed by atoms with Crippen LogP contribution in [-0.2, 0) is 0 Å². The molecule has 0 spiro atoms. The molecule has 3 rings (SSSR count). The van der Waals surface area contributed by atoms with E-state index in [1.54, 1.807) is 31.5 Å². The first-order valence-electron chi connectivity index (χ1n) is 8.31. The van der Waals surface area contributed by atoms with E-state index in [1.807, 2.05) is 32.0 Å². The first-order chi connectivity index (χ1) is 12.5. The number of hydrogen-bond acceptors (Lipinski definition) is 4. The summed E-state index contributed by atoms with van der Waals surface area (Å²) in [6.07, 6.45) is 1.62. The number of aromatic nitrogens is 1. The van der Waals surface area contributed by atoms with Gasteiger partial charge in [0.2, 0.25) is 0 Å². The lowest BCUT2D eigenvalue weighted by Gasteiger charge is -2.12. The molecule has 0 radical (unpaired) electrons. The number of ether oxygens (including phenoxy) is 1. The Labute approximate surface area is 153 Å². The van der Waals surface area contributed by atoms with Gasteiger partial charge in [0.1, 0.15) is 11.4 Å². The topological polar surface area (TPSA) is 63.2 Å². The summed E-state index contributed by atoms with van der Waals surface area (Å²) >= 11 is 0. The highest BCUT2D eigenvalue weighted by Crippen LogP contribution is 2.22. The Morgan fingerprint density at radius 1 is 1.00 bits per heavy atom. The van der Waals surface area contributed by atoms with Crippen molar-refractivity contribution in [2.24, 2.45) is 0 Å². The van der Waals surface area contributed by atoms with Crippen LogP contribution in [-0.4, -0.2) is 18.0 Å². The third-order valence-electron chi connectivity index (χ3n) is 3.99. The minimum atomic E-state index is -0.275. The highest BCUT2D eigenvalue weighted by atomic mass is 16.5. The number of aryl methyl sites for hydroxylation is 2. The second kappa shape index (κ2) is 7.70. The summed E-state index contributed by atoms with van der Waals surface area (Å²) in [6, 6.07) is 17.0. The molecule has 0 saturated carbocycles. The van der Waals surface area contributed by atoms with Crippen molar-refractivity contribution in [2.75, 3.05) is 17.7 Å². The lowest BCUT2D eigenvalue weighted by atomic mass is 10.1. The Hall–Kier alpha value is -3.34. The van der Waals surface area contributed by atoms with Crippen LogP contribution in [0.3, 0.4) is 0 Å². The Kier molecular flexibility index (Phi) is 5.17. The average molecular weight is 347 g/mol. The number of benzene rings is 2. The summed E-state index contributed by atoms with van der Waals surface area (Å²) in [5.41, 5.74) is 5.12. The van der Waals surface area contributed by atoms with Gasteiger partial charge in [-0.2, -0.15) is 0 Å². The van der Waals surface area contributed by atoms with Gasteiger partial charge < -0.3 is 15.4 Å². The molecule has 0 atom stereocenters. The summed E-state index contributed by atoms with van der Waals surface area (Å²) in [5, 5.41) is 6.19. The van der Waals surface area contributed by atoms with E-state index >= 15 is 0 Å². The molecule has 1 amide bonds. The third-order valence-corrected chi connectivity index (χ3v) is 3.99. The van der Waals surface area contributed by atoms with E-state index in [1.165, 1.54) is 5.56 Å².